The quantitative estimate of drug-likeness (QED) is 0.713. The van der Waals surface area contributed by atoms with E-state index in [9.17, 15) is 0 Å². The summed E-state index contributed by atoms with van der Waals surface area (Å²) in [5, 5.41) is 6.40. The molecule has 0 aliphatic carbocycles. The molecule has 0 unspecified atom stereocenters. The van der Waals surface area contributed by atoms with Crippen molar-refractivity contribution in [3.63, 3.8) is 0 Å². The highest BCUT2D eigenvalue weighted by molar-refractivity contribution is 5.83. The Morgan fingerprint density at radius 2 is 2.12 bits per heavy atom. The van der Waals surface area contributed by atoms with Crippen LogP contribution in [0, 0.1) is 0 Å². The highest BCUT2D eigenvalue weighted by Gasteiger charge is 2.05. The lowest BCUT2D eigenvalue weighted by atomic mass is 10.1. The van der Waals surface area contributed by atoms with Gasteiger partial charge in [0.05, 0.1) is 12.2 Å². The summed E-state index contributed by atoms with van der Waals surface area (Å²) in [5.74, 6) is 0.749. The van der Waals surface area contributed by atoms with E-state index >= 15 is 0 Å². The van der Waals surface area contributed by atoms with Gasteiger partial charge in [0.25, 0.3) is 0 Å². The first-order valence-electron chi connectivity index (χ1n) is 5.31. The lowest BCUT2D eigenvalue weighted by molar-refractivity contribution is 0.790. The van der Waals surface area contributed by atoms with Gasteiger partial charge < -0.3 is 5.73 Å². The van der Waals surface area contributed by atoms with Crippen LogP contribution in [0.2, 0.25) is 0 Å². The number of fused-ring (bicyclic) bond motifs is 1. The first-order chi connectivity index (χ1) is 8.38. The van der Waals surface area contributed by atoms with Crippen LogP contribution < -0.4 is 5.73 Å². The predicted molar refractivity (Wildman–Crippen MR) is 64.6 cm³/mol. The number of hydrogen-bond donors (Lipinski definition) is 1. The topological polar surface area (TPSA) is 69.6 Å². The van der Waals surface area contributed by atoms with Gasteiger partial charge in [0, 0.05) is 17.8 Å². The number of aromatic nitrogens is 4. The van der Waals surface area contributed by atoms with Crippen molar-refractivity contribution in [1.82, 2.24) is 19.7 Å². The minimum atomic E-state index is 0.369. The molecule has 0 fully saturated rings. The number of rotatable bonds is 2. The van der Waals surface area contributed by atoms with E-state index in [1.165, 1.54) is 6.33 Å². The highest BCUT2D eigenvalue weighted by atomic mass is 15.3. The van der Waals surface area contributed by atoms with Crippen molar-refractivity contribution < 1.29 is 0 Å². The Labute approximate surface area is 97.9 Å². The standard InChI is InChI=1S/C12H11N5/c13-6-12-15-8-16-17(12)11-2-1-10-7-14-4-3-9(10)5-11/h1-5,7-8H,6,13H2. The maximum atomic E-state index is 5.61. The second-order valence-electron chi connectivity index (χ2n) is 3.70. The van der Waals surface area contributed by atoms with E-state index < -0.39 is 0 Å². The van der Waals surface area contributed by atoms with Gasteiger partial charge in [-0.15, -0.1) is 0 Å². The summed E-state index contributed by atoms with van der Waals surface area (Å²) < 4.78 is 1.75. The van der Waals surface area contributed by atoms with E-state index in [0.29, 0.717) is 6.54 Å². The van der Waals surface area contributed by atoms with Gasteiger partial charge in [0.15, 0.2) is 0 Å². The Balaban J connectivity index is 2.18. The minimum Gasteiger partial charge on any atom is -0.324 e. The van der Waals surface area contributed by atoms with Crippen molar-refractivity contribution in [2.45, 2.75) is 6.54 Å². The second-order valence-corrected chi connectivity index (χ2v) is 3.70. The summed E-state index contributed by atoms with van der Waals surface area (Å²) in [6.45, 7) is 0.369. The Bertz CT molecular complexity index is 659. The largest absolute Gasteiger partial charge is 0.324 e. The van der Waals surface area contributed by atoms with Crippen molar-refractivity contribution in [2.24, 2.45) is 5.73 Å². The molecule has 0 bridgehead atoms. The molecule has 0 amide bonds. The normalized spacial score (nSPS) is 10.9. The van der Waals surface area contributed by atoms with Gasteiger partial charge in [-0.2, -0.15) is 5.10 Å². The van der Waals surface area contributed by atoms with Gasteiger partial charge in [-0.25, -0.2) is 9.67 Å². The number of benzene rings is 1. The minimum absolute atomic E-state index is 0.369. The van der Waals surface area contributed by atoms with Crippen molar-refractivity contribution in [3.05, 3.63) is 48.8 Å². The molecule has 0 aliphatic rings. The van der Waals surface area contributed by atoms with Crippen molar-refractivity contribution in [1.29, 1.82) is 0 Å². The molecule has 0 aliphatic heterocycles. The fourth-order valence-corrected chi connectivity index (χ4v) is 1.82. The first-order valence-corrected chi connectivity index (χ1v) is 5.31. The zero-order chi connectivity index (χ0) is 11.7. The molecule has 3 aromatic rings. The molecule has 0 radical (unpaired) electrons. The summed E-state index contributed by atoms with van der Waals surface area (Å²) in [4.78, 5) is 8.19. The number of hydrogen-bond acceptors (Lipinski definition) is 4. The molecule has 2 heterocycles. The molecular formula is C12H11N5. The average molecular weight is 225 g/mol. The van der Waals surface area contributed by atoms with E-state index in [4.69, 9.17) is 5.73 Å². The third-order valence-electron chi connectivity index (χ3n) is 2.67. The Morgan fingerprint density at radius 1 is 1.18 bits per heavy atom. The second kappa shape index (κ2) is 3.95. The molecule has 17 heavy (non-hydrogen) atoms. The highest BCUT2D eigenvalue weighted by Crippen LogP contribution is 2.17. The molecule has 0 saturated carbocycles. The average Bonchev–Trinajstić information content (AvgIpc) is 2.86. The van der Waals surface area contributed by atoms with Crippen LogP contribution in [-0.2, 0) is 6.54 Å². The molecule has 0 atom stereocenters. The van der Waals surface area contributed by atoms with Gasteiger partial charge in [-0.05, 0) is 23.6 Å². The maximum Gasteiger partial charge on any atom is 0.145 e. The van der Waals surface area contributed by atoms with Gasteiger partial charge in [0.2, 0.25) is 0 Å². The molecule has 2 aromatic heterocycles. The molecule has 84 valence electrons. The van der Waals surface area contributed by atoms with E-state index in [1.807, 2.05) is 30.5 Å². The fourth-order valence-electron chi connectivity index (χ4n) is 1.82. The summed E-state index contributed by atoms with van der Waals surface area (Å²) in [5.41, 5.74) is 6.57. The Kier molecular flexibility index (Phi) is 2.31. The summed E-state index contributed by atoms with van der Waals surface area (Å²) in [7, 11) is 0. The van der Waals surface area contributed by atoms with E-state index in [-0.39, 0.29) is 0 Å². The molecular weight excluding hydrogens is 214 g/mol. The lowest BCUT2D eigenvalue weighted by Gasteiger charge is -2.05. The van der Waals surface area contributed by atoms with Crippen LogP contribution in [0.4, 0.5) is 0 Å². The van der Waals surface area contributed by atoms with Crippen LogP contribution in [0.15, 0.2) is 43.0 Å². The molecule has 3 rings (SSSR count). The van der Waals surface area contributed by atoms with Crippen LogP contribution in [0.25, 0.3) is 16.5 Å². The zero-order valence-electron chi connectivity index (χ0n) is 9.11. The smallest absolute Gasteiger partial charge is 0.145 e. The number of nitrogens with zero attached hydrogens (tertiary/aromatic N) is 4. The summed E-state index contributed by atoms with van der Waals surface area (Å²) >= 11 is 0. The van der Waals surface area contributed by atoms with E-state index in [2.05, 4.69) is 15.1 Å². The van der Waals surface area contributed by atoms with Gasteiger partial charge in [-0.1, -0.05) is 6.07 Å². The summed E-state index contributed by atoms with van der Waals surface area (Å²) in [6, 6.07) is 8.01. The van der Waals surface area contributed by atoms with Gasteiger partial charge in [-0.3, -0.25) is 4.98 Å². The van der Waals surface area contributed by atoms with Crippen LogP contribution in [0.1, 0.15) is 5.82 Å². The fraction of sp³-hybridized carbons (Fsp3) is 0.0833. The molecule has 2 N–H and O–H groups in total. The van der Waals surface area contributed by atoms with Crippen LogP contribution >= 0.6 is 0 Å². The van der Waals surface area contributed by atoms with Crippen molar-refractivity contribution >= 4 is 10.8 Å². The predicted octanol–water partition coefficient (Wildman–Crippen LogP) is 1.27. The van der Waals surface area contributed by atoms with Crippen molar-refractivity contribution in [3.8, 4) is 5.69 Å². The Morgan fingerprint density at radius 3 is 3.00 bits per heavy atom. The Hall–Kier alpha value is -2.27. The molecule has 1 aromatic carbocycles. The molecule has 0 spiro atoms. The first kappa shape index (κ1) is 9.92. The zero-order valence-corrected chi connectivity index (χ0v) is 9.11. The SMILES string of the molecule is NCc1ncnn1-c1ccc2cnccc2c1. The van der Waals surface area contributed by atoms with E-state index in [1.54, 1.807) is 10.9 Å². The maximum absolute atomic E-state index is 5.61. The molecule has 5 heteroatoms. The van der Waals surface area contributed by atoms with Gasteiger partial charge >= 0.3 is 0 Å². The van der Waals surface area contributed by atoms with Crippen LogP contribution in [0.5, 0.6) is 0 Å². The number of nitrogens with two attached hydrogens (primary N) is 1. The van der Waals surface area contributed by atoms with E-state index in [0.717, 1.165) is 22.3 Å². The third kappa shape index (κ3) is 1.66. The lowest BCUT2D eigenvalue weighted by Crippen LogP contribution is -2.07. The molecule has 5 nitrogen and oxygen atoms in total. The van der Waals surface area contributed by atoms with Gasteiger partial charge in [0.1, 0.15) is 12.2 Å². The number of pyridine rings is 1. The molecule has 0 saturated heterocycles. The van der Waals surface area contributed by atoms with Crippen LogP contribution in [-0.4, -0.2) is 19.7 Å². The third-order valence-corrected chi connectivity index (χ3v) is 2.67. The summed E-state index contributed by atoms with van der Waals surface area (Å²) in [6.07, 6.45) is 5.13. The van der Waals surface area contributed by atoms with Crippen molar-refractivity contribution in [2.75, 3.05) is 0 Å². The van der Waals surface area contributed by atoms with Crippen LogP contribution in [0.3, 0.4) is 0 Å². The monoisotopic (exact) mass is 225 g/mol.